The molecule has 0 spiro atoms. The van der Waals surface area contributed by atoms with Crippen molar-refractivity contribution in [2.75, 3.05) is 14.2 Å². The van der Waals surface area contributed by atoms with Gasteiger partial charge in [0.25, 0.3) is 0 Å². The second-order valence-electron chi connectivity index (χ2n) is 7.35. The molecule has 0 bridgehead atoms. The highest BCUT2D eigenvalue weighted by Crippen LogP contribution is 2.39. The lowest BCUT2D eigenvalue weighted by molar-refractivity contribution is 0.408. The van der Waals surface area contributed by atoms with Crippen LogP contribution in [0.3, 0.4) is 0 Å². The molecule has 0 amide bonds. The lowest BCUT2D eigenvalue weighted by atomic mass is 9.99. The second-order valence-corrected chi connectivity index (χ2v) is 7.35. The molecule has 0 N–H and O–H groups in total. The fourth-order valence-electron chi connectivity index (χ4n) is 3.86. The van der Waals surface area contributed by atoms with E-state index in [0.717, 1.165) is 69.2 Å². The number of rotatable bonds is 8. The van der Waals surface area contributed by atoms with Crippen LogP contribution in [0.4, 0.5) is 0 Å². The minimum atomic E-state index is 0.730. The summed E-state index contributed by atoms with van der Waals surface area (Å²) in [6.07, 6.45) is 5.23. The van der Waals surface area contributed by atoms with Gasteiger partial charge in [0.2, 0.25) is 0 Å². The molecule has 0 saturated carbocycles. The average molecular weight is 402 g/mol. The van der Waals surface area contributed by atoms with Crippen LogP contribution in [0.2, 0.25) is 0 Å². The molecule has 3 nitrogen and oxygen atoms in total. The normalized spacial score (nSPS) is 10.5. The highest BCUT2D eigenvalue weighted by atomic mass is 16.5. The van der Waals surface area contributed by atoms with Crippen LogP contribution in [0, 0.1) is 13.8 Å². The second kappa shape index (κ2) is 9.45. The number of aryl methyl sites for hydroxylation is 2. The van der Waals surface area contributed by atoms with E-state index < -0.39 is 0 Å². The molecule has 2 aromatic carbocycles. The molecular formula is C27H29O3+. The molecule has 1 heterocycles. The number of allylic oxidation sites excluding steroid dienone is 2. The molecule has 1 aromatic heterocycles. The standard InChI is InChI=1S/C27H29O3/c1-7-10-20-14-18(3)16-22(26(20)28-5)24-12-9-13-25(30-24)23-17-19(4)15-21(11-8-2)27(23)29-6/h7-9,12-17H,1-2,10-11H2,3-6H3/q+1. The molecule has 0 fully saturated rings. The minimum Gasteiger partial charge on any atom is -0.495 e. The van der Waals surface area contributed by atoms with Crippen LogP contribution in [0.5, 0.6) is 11.5 Å². The maximum absolute atomic E-state index is 6.40. The van der Waals surface area contributed by atoms with Crippen molar-refractivity contribution in [2.24, 2.45) is 0 Å². The van der Waals surface area contributed by atoms with E-state index in [-0.39, 0.29) is 0 Å². The summed E-state index contributed by atoms with van der Waals surface area (Å²) in [5, 5.41) is 0. The first-order valence-electron chi connectivity index (χ1n) is 10.0. The van der Waals surface area contributed by atoms with Gasteiger partial charge in [0.1, 0.15) is 22.6 Å². The Morgan fingerprint density at radius 1 is 0.767 bits per heavy atom. The molecule has 3 aromatic rings. The first-order chi connectivity index (χ1) is 14.5. The van der Waals surface area contributed by atoms with Crippen molar-refractivity contribution in [3.63, 3.8) is 0 Å². The molecule has 154 valence electrons. The lowest BCUT2D eigenvalue weighted by Crippen LogP contribution is -1.97. The van der Waals surface area contributed by atoms with E-state index in [4.69, 9.17) is 13.9 Å². The summed E-state index contributed by atoms with van der Waals surface area (Å²) < 4.78 is 17.9. The number of ether oxygens (including phenoxy) is 2. The number of methoxy groups -OCH3 is 2. The quantitative estimate of drug-likeness (QED) is 0.301. The van der Waals surface area contributed by atoms with Gasteiger partial charge >= 0.3 is 11.5 Å². The fourth-order valence-corrected chi connectivity index (χ4v) is 3.86. The molecule has 0 radical (unpaired) electrons. The lowest BCUT2D eigenvalue weighted by Gasteiger charge is -2.12. The summed E-state index contributed by atoms with van der Waals surface area (Å²) in [6.45, 7) is 11.9. The largest absolute Gasteiger partial charge is 0.495 e. The molecule has 3 rings (SSSR count). The molecular weight excluding hydrogens is 372 g/mol. The third-order valence-electron chi connectivity index (χ3n) is 5.00. The molecule has 0 saturated heterocycles. The Bertz CT molecular complexity index is 997. The summed E-state index contributed by atoms with van der Waals surface area (Å²) in [6, 6.07) is 14.3. The summed E-state index contributed by atoms with van der Waals surface area (Å²) in [5.41, 5.74) is 6.31. The summed E-state index contributed by atoms with van der Waals surface area (Å²) >= 11 is 0. The zero-order valence-electron chi connectivity index (χ0n) is 18.2. The van der Waals surface area contributed by atoms with Gasteiger partial charge in [-0.3, -0.25) is 0 Å². The first kappa shape index (κ1) is 21.4. The topological polar surface area (TPSA) is 29.8 Å². The SMILES string of the molecule is C=CCc1cc(C)cc(-c2cccc(-c3cc(C)cc(CC=C)c3OC)[o+]2)c1OC. The van der Waals surface area contributed by atoms with Crippen LogP contribution < -0.4 is 9.47 Å². The van der Waals surface area contributed by atoms with Crippen LogP contribution in [0.25, 0.3) is 22.6 Å². The van der Waals surface area contributed by atoms with E-state index in [1.807, 2.05) is 30.4 Å². The zero-order valence-corrected chi connectivity index (χ0v) is 18.2. The van der Waals surface area contributed by atoms with Crippen molar-refractivity contribution in [1.29, 1.82) is 0 Å². The minimum absolute atomic E-state index is 0.730. The first-order valence-corrected chi connectivity index (χ1v) is 10.0. The smallest absolute Gasteiger partial charge is 0.364 e. The van der Waals surface area contributed by atoms with E-state index in [1.54, 1.807) is 14.2 Å². The molecule has 0 unspecified atom stereocenters. The average Bonchev–Trinajstić information content (AvgIpc) is 2.73. The van der Waals surface area contributed by atoms with Gasteiger partial charge in [-0.1, -0.05) is 24.3 Å². The van der Waals surface area contributed by atoms with Crippen molar-refractivity contribution in [3.8, 4) is 34.1 Å². The highest BCUT2D eigenvalue weighted by molar-refractivity contribution is 5.73. The predicted molar refractivity (Wildman–Crippen MR) is 124 cm³/mol. The highest BCUT2D eigenvalue weighted by Gasteiger charge is 2.25. The van der Waals surface area contributed by atoms with Gasteiger partial charge in [-0.2, -0.15) is 0 Å². The number of benzene rings is 2. The zero-order chi connectivity index (χ0) is 21.7. The van der Waals surface area contributed by atoms with Gasteiger partial charge in [0.15, 0.2) is 0 Å². The molecule has 0 aliphatic heterocycles. The predicted octanol–water partition coefficient (Wildman–Crippen LogP) is 6.99. The van der Waals surface area contributed by atoms with Gasteiger partial charge in [-0.15, -0.1) is 13.2 Å². The Hall–Kier alpha value is -3.33. The van der Waals surface area contributed by atoms with Gasteiger partial charge in [-0.05, 0) is 67.1 Å². The van der Waals surface area contributed by atoms with Crippen LogP contribution in [0.1, 0.15) is 22.3 Å². The molecule has 0 atom stereocenters. The Morgan fingerprint density at radius 2 is 1.20 bits per heavy atom. The van der Waals surface area contributed by atoms with E-state index in [0.29, 0.717) is 0 Å². The molecule has 0 aliphatic rings. The molecule has 0 aliphatic carbocycles. The van der Waals surface area contributed by atoms with Gasteiger partial charge < -0.3 is 9.47 Å². The Balaban J connectivity index is 2.20. The van der Waals surface area contributed by atoms with Crippen LogP contribution in [0.15, 0.2) is 72.2 Å². The van der Waals surface area contributed by atoms with Crippen molar-refractivity contribution < 1.29 is 13.9 Å². The van der Waals surface area contributed by atoms with E-state index in [2.05, 4.69) is 51.3 Å². The monoisotopic (exact) mass is 401 g/mol. The van der Waals surface area contributed by atoms with Crippen molar-refractivity contribution >= 4 is 0 Å². The van der Waals surface area contributed by atoms with E-state index in [9.17, 15) is 0 Å². The van der Waals surface area contributed by atoms with Crippen LogP contribution in [-0.4, -0.2) is 14.2 Å². The molecule has 3 heteroatoms. The fraction of sp³-hybridized carbons (Fsp3) is 0.222. The Morgan fingerprint density at radius 3 is 1.57 bits per heavy atom. The van der Waals surface area contributed by atoms with Crippen LogP contribution in [-0.2, 0) is 12.8 Å². The third kappa shape index (κ3) is 4.30. The summed E-state index contributed by atoms with van der Waals surface area (Å²) in [7, 11) is 3.38. The van der Waals surface area contributed by atoms with E-state index >= 15 is 0 Å². The van der Waals surface area contributed by atoms with Crippen molar-refractivity contribution in [3.05, 3.63) is 90.0 Å². The Labute approximate surface area is 179 Å². The number of hydrogen-bond acceptors (Lipinski definition) is 2. The molecule has 30 heavy (non-hydrogen) atoms. The van der Waals surface area contributed by atoms with Gasteiger partial charge in [-0.25, -0.2) is 4.42 Å². The Kier molecular flexibility index (Phi) is 6.73. The third-order valence-corrected chi connectivity index (χ3v) is 5.00. The van der Waals surface area contributed by atoms with Crippen molar-refractivity contribution in [1.82, 2.24) is 0 Å². The number of hydrogen-bond donors (Lipinski definition) is 0. The van der Waals surface area contributed by atoms with Crippen LogP contribution >= 0.6 is 0 Å². The van der Waals surface area contributed by atoms with E-state index in [1.165, 1.54) is 0 Å². The maximum Gasteiger partial charge on any atom is 0.364 e. The van der Waals surface area contributed by atoms with Gasteiger partial charge in [0.05, 0.1) is 14.2 Å². The van der Waals surface area contributed by atoms with Crippen molar-refractivity contribution in [2.45, 2.75) is 26.7 Å². The summed E-state index contributed by atoms with van der Waals surface area (Å²) in [5.74, 6) is 3.11. The van der Waals surface area contributed by atoms with Gasteiger partial charge in [0, 0.05) is 12.1 Å². The maximum atomic E-state index is 6.40. The summed E-state index contributed by atoms with van der Waals surface area (Å²) in [4.78, 5) is 0.